The third-order valence-corrected chi connectivity index (χ3v) is 7.66. The summed E-state index contributed by atoms with van der Waals surface area (Å²) in [5.41, 5.74) is 5.44. The molecule has 0 saturated carbocycles. The van der Waals surface area contributed by atoms with E-state index in [1.807, 2.05) is 37.3 Å². The molecule has 140 valence electrons. The Hall–Kier alpha value is -2.33. The summed E-state index contributed by atoms with van der Waals surface area (Å²) in [6.45, 7) is 8.38. The number of para-hydroxylation sites is 1. The number of nitrogens with zero attached hydrogens (tertiary/aromatic N) is 1. The van der Waals surface area contributed by atoms with Crippen LogP contribution in [0.4, 0.5) is 5.69 Å². The molecular formula is C23H25NO2S. The lowest BCUT2D eigenvalue weighted by atomic mass is 9.76. The maximum Gasteiger partial charge on any atom is 0.264 e. The Balaban J connectivity index is 1.93. The number of rotatable bonds is 2. The number of aryl methyl sites for hydroxylation is 1. The van der Waals surface area contributed by atoms with Gasteiger partial charge in [-0.2, -0.15) is 0 Å². The van der Waals surface area contributed by atoms with Crippen LogP contribution in [0.25, 0.3) is 0 Å². The molecule has 0 unspecified atom stereocenters. The Bertz CT molecular complexity index is 1040. The molecular weight excluding hydrogens is 354 g/mol. The number of sulfonamides is 1. The summed E-state index contributed by atoms with van der Waals surface area (Å²) >= 11 is 0. The Kier molecular flexibility index (Phi) is 4.26. The second-order valence-electron chi connectivity index (χ2n) is 7.79. The summed E-state index contributed by atoms with van der Waals surface area (Å²) in [6.07, 6.45) is 4.18. The fourth-order valence-electron chi connectivity index (χ4n) is 4.45. The van der Waals surface area contributed by atoms with E-state index >= 15 is 0 Å². The highest BCUT2D eigenvalue weighted by atomic mass is 32.2. The number of fused-ring (bicyclic) bond motifs is 2. The average molecular weight is 380 g/mol. The second kappa shape index (κ2) is 6.38. The molecule has 2 aromatic rings. The van der Waals surface area contributed by atoms with Crippen molar-refractivity contribution in [3.05, 3.63) is 83.0 Å². The van der Waals surface area contributed by atoms with Crippen LogP contribution in [-0.2, 0) is 10.0 Å². The van der Waals surface area contributed by atoms with Crippen molar-refractivity contribution in [2.75, 3.05) is 4.31 Å². The summed E-state index contributed by atoms with van der Waals surface area (Å²) in [6, 6.07) is 14.9. The van der Waals surface area contributed by atoms with Crippen LogP contribution in [0.5, 0.6) is 0 Å². The Morgan fingerprint density at radius 3 is 2.33 bits per heavy atom. The van der Waals surface area contributed by atoms with E-state index in [1.165, 1.54) is 11.1 Å². The van der Waals surface area contributed by atoms with Gasteiger partial charge in [-0.05, 0) is 56.0 Å². The number of allylic oxidation sites excluding steroid dienone is 2. The van der Waals surface area contributed by atoms with Crippen LogP contribution in [0.1, 0.15) is 37.8 Å². The van der Waals surface area contributed by atoms with Gasteiger partial charge in [-0.15, -0.1) is 0 Å². The monoisotopic (exact) mass is 379 g/mol. The molecule has 0 fully saturated rings. The van der Waals surface area contributed by atoms with Gasteiger partial charge in [0.2, 0.25) is 0 Å². The zero-order valence-electron chi connectivity index (χ0n) is 16.2. The first-order valence-electron chi connectivity index (χ1n) is 9.38. The van der Waals surface area contributed by atoms with Crippen molar-refractivity contribution in [2.45, 2.75) is 44.6 Å². The molecule has 0 spiro atoms. The maximum atomic E-state index is 13.7. The lowest BCUT2D eigenvalue weighted by Gasteiger charge is -2.43. The SMILES string of the molecule is CC(C)=C1C=C[C@@H]2[C@H]1[C@H](C)c1ccccc1N2S(=O)(=O)c1ccc(C)cc1. The van der Waals surface area contributed by atoms with E-state index in [4.69, 9.17) is 0 Å². The molecule has 3 atom stereocenters. The van der Waals surface area contributed by atoms with Crippen LogP contribution in [-0.4, -0.2) is 14.5 Å². The van der Waals surface area contributed by atoms with Crippen molar-refractivity contribution in [3.8, 4) is 0 Å². The minimum absolute atomic E-state index is 0.144. The standard InChI is InChI=1S/C23H25NO2S/c1-15(2)19-13-14-22-23(19)17(4)20-7-5-6-8-21(20)24(22)27(25,26)18-11-9-16(3)10-12-18/h5-14,17,22-23H,1-4H3/t17-,22-,23+/m1/s1. The van der Waals surface area contributed by atoms with Gasteiger partial charge in [0.1, 0.15) is 0 Å². The third-order valence-electron chi connectivity index (χ3n) is 5.83. The quantitative estimate of drug-likeness (QED) is 0.719. The summed E-state index contributed by atoms with van der Waals surface area (Å²) in [5, 5.41) is 0. The zero-order valence-corrected chi connectivity index (χ0v) is 17.0. The van der Waals surface area contributed by atoms with Gasteiger partial charge in [-0.3, -0.25) is 4.31 Å². The summed E-state index contributed by atoms with van der Waals surface area (Å²) in [7, 11) is -3.66. The van der Waals surface area contributed by atoms with Crippen molar-refractivity contribution in [3.63, 3.8) is 0 Å². The second-order valence-corrected chi connectivity index (χ2v) is 9.61. The lowest BCUT2D eigenvalue weighted by Crippen LogP contribution is -2.47. The average Bonchev–Trinajstić information content (AvgIpc) is 3.07. The molecule has 0 bridgehead atoms. The summed E-state index contributed by atoms with van der Waals surface area (Å²) in [4.78, 5) is 0.343. The van der Waals surface area contributed by atoms with Crippen molar-refractivity contribution in [2.24, 2.45) is 5.92 Å². The molecule has 4 rings (SSSR count). The van der Waals surface area contributed by atoms with Crippen LogP contribution in [0.15, 0.2) is 76.7 Å². The maximum absolute atomic E-state index is 13.7. The van der Waals surface area contributed by atoms with E-state index in [0.29, 0.717) is 4.90 Å². The van der Waals surface area contributed by atoms with Crippen molar-refractivity contribution in [1.29, 1.82) is 0 Å². The molecule has 27 heavy (non-hydrogen) atoms. The lowest BCUT2D eigenvalue weighted by molar-refractivity contribution is 0.461. The largest absolute Gasteiger partial charge is 0.264 e. The molecule has 0 radical (unpaired) electrons. The minimum Gasteiger partial charge on any atom is -0.259 e. The van der Waals surface area contributed by atoms with E-state index in [1.54, 1.807) is 16.4 Å². The third kappa shape index (κ3) is 2.74. The van der Waals surface area contributed by atoms with Gasteiger partial charge in [-0.25, -0.2) is 8.42 Å². The molecule has 0 aromatic heterocycles. The van der Waals surface area contributed by atoms with E-state index in [0.717, 1.165) is 16.8 Å². The van der Waals surface area contributed by atoms with Gasteiger partial charge < -0.3 is 0 Å². The highest BCUT2D eigenvalue weighted by Crippen LogP contribution is 2.50. The Labute approximate surface area is 162 Å². The van der Waals surface area contributed by atoms with Crippen LogP contribution >= 0.6 is 0 Å². The predicted molar refractivity (Wildman–Crippen MR) is 110 cm³/mol. The number of anilines is 1. The highest BCUT2D eigenvalue weighted by molar-refractivity contribution is 7.92. The van der Waals surface area contributed by atoms with E-state index in [2.05, 4.69) is 39.0 Å². The smallest absolute Gasteiger partial charge is 0.259 e. The van der Waals surface area contributed by atoms with Gasteiger partial charge >= 0.3 is 0 Å². The molecule has 1 aliphatic heterocycles. The molecule has 0 amide bonds. The van der Waals surface area contributed by atoms with Crippen molar-refractivity contribution >= 4 is 15.7 Å². The van der Waals surface area contributed by atoms with Crippen LogP contribution in [0, 0.1) is 12.8 Å². The van der Waals surface area contributed by atoms with Crippen molar-refractivity contribution < 1.29 is 8.42 Å². The molecule has 1 aliphatic carbocycles. The first-order valence-corrected chi connectivity index (χ1v) is 10.8. The molecule has 2 aromatic carbocycles. The van der Waals surface area contributed by atoms with Gasteiger partial charge in [0, 0.05) is 5.92 Å². The molecule has 0 N–H and O–H groups in total. The first kappa shape index (κ1) is 18.1. The number of hydrogen-bond donors (Lipinski definition) is 0. The van der Waals surface area contributed by atoms with Crippen LogP contribution in [0.3, 0.4) is 0 Å². The van der Waals surface area contributed by atoms with Crippen LogP contribution in [0.2, 0.25) is 0 Å². The van der Waals surface area contributed by atoms with E-state index in [9.17, 15) is 8.42 Å². The highest BCUT2D eigenvalue weighted by Gasteiger charge is 2.46. The fourth-order valence-corrected chi connectivity index (χ4v) is 6.10. The summed E-state index contributed by atoms with van der Waals surface area (Å²) < 4.78 is 29.0. The fraction of sp³-hybridized carbons (Fsp3) is 0.304. The molecule has 4 heteroatoms. The van der Waals surface area contributed by atoms with Gasteiger partial charge in [0.15, 0.2) is 0 Å². The predicted octanol–water partition coefficient (Wildman–Crippen LogP) is 5.20. The van der Waals surface area contributed by atoms with Gasteiger partial charge in [0.05, 0.1) is 16.6 Å². The Morgan fingerprint density at radius 1 is 1.00 bits per heavy atom. The normalized spacial score (nSPS) is 23.9. The summed E-state index contributed by atoms with van der Waals surface area (Å²) in [5.74, 6) is 0.403. The van der Waals surface area contributed by atoms with Gasteiger partial charge in [-0.1, -0.05) is 60.5 Å². The molecule has 0 saturated heterocycles. The van der Waals surface area contributed by atoms with Crippen LogP contribution < -0.4 is 4.31 Å². The van der Waals surface area contributed by atoms with E-state index < -0.39 is 10.0 Å². The molecule has 3 nitrogen and oxygen atoms in total. The van der Waals surface area contributed by atoms with Crippen molar-refractivity contribution in [1.82, 2.24) is 0 Å². The Morgan fingerprint density at radius 2 is 1.67 bits per heavy atom. The number of benzene rings is 2. The van der Waals surface area contributed by atoms with Gasteiger partial charge in [0.25, 0.3) is 10.0 Å². The molecule has 1 heterocycles. The minimum atomic E-state index is -3.66. The number of hydrogen-bond acceptors (Lipinski definition) is 2. The zero-order chi connectivity index (χ0) is 19.3. The first-order chi connectivity index (χ1) is 12.8. The van der Waals surface area contributed by atoms with E-state index in [-0.39, 0.29) is 17.9 Å². The topological polar surface area (TPSA) is 37.4 Å². The molecule has 2 aliphatic rings.